The van der Waals surface area contributed by atoms with E-state index in [1.807, 2.05) is 30.6 Å². The Morgan fingerprint density at radius 1 is 1.43 bits per heavy atom. The first-order chi connectivity index (χ1) is 10.9. The van der Waals surface area contributed by atoms with Crippen LogP contribution >= 0.6 is 11.3 Å². The predicted molar refractivity (Wildman–Crippen MR) is 87.5 cm³/mol. The lowest BCUT2D eigenvalue weighted by molar-refractivity contribution is -0.135. The molecule has 6 nitrogen and oxygen atoms in total. The molecule has 0 aliphatic carbocycles. The van der Waals surface area contributed by atoms with Crippen LogP contribution in [-0.2, 0) is 9.53 Å². The van der Waals surface area contributed by atoms with Crippen LogP contribution in [0.3, 0.4) is 0 Å². The number of ether oxygens (including phenoxy) is 1. The van der Waals surface area contributed by atoms with E-state index in [0.717, 1.165) is 12.1 Å². The average molecular weight is 337 g/mol. The second-order valence-electron chi connectivity index (χ2n) is 6.85. The number of thiazole rings is 1. The Bertz CT molecular complexity index is 615. The van der Waals surface area contributed by atoms with Gasteiger partial charge < -0.3 is 14.5 Å². The van der Waals surface area contributed by atoms with Crippen molar-refractivity contribution in [2.45, 2.75) is 33.2 Å². The van der Waals surface area contributed by atoms with E-state index >= 15 is 0 Å². The highest BCUT2D eigenvalue weighted by Crippen LogP contribution is 2.35. The fourth-order valence-corrected chi connectivity index (χ4v) is 4.18. The van der Waals surface area contributed by atoms with E-state index in [1.165, 1.54) is 11.3 Å². The fourth-order valence-electron chi connectivity index (χ4n) is 3.41. The van der Waals surface area contributed by atoms with E-state index in [9.17, 15) is 9.59 Å². The number of rotatable bonds is 2. The van der Waals surface area contributed by atoms with Crippen molar-refractivity contribution >= 4 is 23.2 Å². The van der Waals surface area contributed by atoms with Gasteiger partial charge in [0.2, 0.25) is 5.91 Å². The lowest BCUT2D eigenvalue weighted by Gasteiger charge is -2.34. The van der Waals surface area contributed by atoms with Gasteiger partial charge in [-0.1, -0.05) is 0 Å². The van der Waals surface area contributed by atoms with Crippen molar-refractivity contribution < 1.29 is 14.3 Å². The molecule has 1 spiro atoms. The molecular formula is C16H23N3O3S. The first-order valence-electron chi connectivity index (χ1n) is 7.98. The molecule has 2 saturated heterocycles. The lowest BCUT2D eigenvalue weighted by Crippen LogP contribution is -2.46. The van der Waals surface area contributed by atoms with Gasteiger partial charge in [-0.15, -0.1) is 11.3 Å². The van der Waals surface area contributed by atoms with Gasteiger partial charge in [0.1, 0.15) is 11.5 Å². The summed E-state index contributed by atoms with van der Waals surface area (Å²) in [6, 6.07) is 0.148. The number of hydrogen-bond acceptors (Lipinski definition) is 5. The third-order valence-corrected chi connectivity index (χ3v) is 5.67. The van der Waals surface area contributed by atoms with Crippen LogP contribution in [0.2, 0.25) is 0 Å². The van der Waals surface area contributed by atoms with Crippen LogP contribution in [-0.4, -0.2) is 65.5 Å². The van der Waals surface area contributed by atoms with E-state index in [4.69, 9.17) is 4.74 Å². The van der Waals surface area contributed by atoms with Gasteiger partial charge in [-0.05, 0) is 27.2 Å². The van der Waals surface area contributed by atoms with E-state index in [-0.39, 0.29) is 29.9 Å². The van der Waals surface area contributed by atoms with Crippen LogP contribution in [0.5, 0.6) is 0 Å². The molecule has 126 valence electrons. The molecule has 7 heteroatoms. The van der Waals surface area contributed by atoms with Crippen molar-refractivity contribution in [3.63, 3.8) is 0 Å². The molecule has 23 heavy (non-hydrogen) atoms. The Morgan fingerprint density at radius 2 is 2.22 bits per heavy atom. The molecule has 0 bridgehead atoms. The van der Waals surface area contributed by atoms with Crippen molar-refractivity contribution in [1.29, 1.82) is 0 Å². The fraction of sp³-hybridized carbons (Fsp3) is 0.688. The standard InChI is InChI=1S/C16H23N3O3S/c1-11(2)19-8-16(9-22-6-13(19)20)4-5-18(7-16)15(21)14-12(3)17-10-23-14/h10-11H,4-9H2,1-3H3. The number of hydrogen-bond donors (Lipinski definition) is 0. The highest BCUT2D eigenvalue weighted by Gasteiger charge is 2.44. The Morgan fingerprint density at radius 3 is 2.87 bits per heavy atom. The monoisotopic (exact) mass is 337 g/mol. The molecule has 2 amide bonds. The third-order valence-electron chi connectivity index (χ3n) is 4.75. The van der Waals surface area contributed by atoms with Crippen molar-refractivity contribution in [3.8, 4) is 0 Å². The van der Waals surface area contributed by atoms with Crippen LogP contribution in [0.1, 0.15) is 35.6 Å². The molecule has 2 aliphatic rings. The second-order valence-corrected chi connectivity index (χ2v) is 7.71. The second kappa shape index (κ2) is 6.20. The molecule has 3 rings (SSSR count). The number of nitrogens with zero attached hydrogens (tertiary/aromatic N) is 3. The first-order valence-corrected chi connectivity index (χ1v) is 8.86. The minimum atomic E-state index is -0.148. The van der Waals surface area contributed by atoms with Gasteiger partial charge in [0.05, 0.1) is 17.8 Å². The number of aryl methyl sites for hydroxylation is 1. The number of amides is 2. The van der Waals surface area contributed by atoms with E-state index < -0.39 is 0 Å². The summed E-state index contributed by atoms with van der Waals surface area (Å²) >= 11 is 1.39. The van der Waals surface area contributed by atoms with Gasteiger partial charge in [-0.25, -0.2) is 4.98 Å². The van der Waals surface area contributed by atoms with E-state index in [2.05, 4.69) is 4.98 Å². The molecule has 0 radical (unpaired) electrons. The molecule has 1 atom stereocenters. The van der Waals surface area contributed by atoms with Crippen molar-refractivity contribution in [2.75, 3.05) is 32.8 Å². The Labute approximate surface area is 140 Å². The Hall–Kier alpha value is -1.47. The summed E-state index contributed by atoms with van der Waals surface area (Å²) in [5.74, 6) is 0.0912. The number of likely N-dealkylation sites (tertiary alicyclic amines) is 1. The molecule has 1 aromatic heterocycles. The Balaban J connectivity index is 1.76. The SMILES string of the molecule is Cc1ncsc1C(=O)N1CCC2(COCC(=O)N(C(C)C)C2)C1. The van der Waals surface area contributed by atoms with Gasteiger partial charge in [0.15, 0.2) is 0 Å². The molecule has 0 saturated carbocycles. The van der Waals surface area contributed by atoms with Gasteiger partial charge in [0, 0.05) is 31.1 Å². The summed E-state index contributed by atoms with van der Waals surface area (Å²) < 4.78 is 5.63. The topological polar surface area (TPSA) is 62.7 Å². The summed E-state index contributed by atoms with van der Waals surface area (Å²) in [5, 5.41) is 0. The van der Waals surface area contributed by atoms with Crippen LogP contribution in [0.25, 0.3) is 0 Å². The zero-order chi connectivity index (χ0) is 16.6. The molecule has 2 aliphatic heterocycles. The number of aromatic nitrogens is 1. The van der Waals surface area contributed by atoms with Crippen LogP contribution in [0, 0.1) is 12.3 Å². The first kappa shape index (κ1) is 16.4. The molecule has 0 aromatic carbocycles. The van der Waals surface area contributed by atoms with Crippen LogP contribution in [0.4, 0.5) is 0 Å². The van der Waals surface area contributed by atoms with E-state index in [1.54, 1.807) is 5.51 Å². The van der Waals surface area contributed by atoms with E-state index in [0.29, 0.717) is 31.1 Å². The predicted octanol–water partition coefficient (Wildman–Crippen LogP) is 1.55. The zero-order valence-corrected chi connectivity index (χ0v) is 14.7. The molecule has 0 N–H and O–H groups in total. The third kappa shape index (κ3) is 3.12. The normalized spacial score (nSPS) is 25.5. The number of carbonyl (C=O) groups excluding carboxylic acids is 2. The molecule has 2 fully saturated rings. The summed E-state index contributed by atoms with van der Waals surface area (Å²) in [7, 11) is 0. The summed E-state index contributed by atoms with van der Waals surface area (Å²) in [5.41, 5.74) is 2.35. The maximum Gasteiger partial charge on any atom is 0.265 e. The summed E-state index contributed by atoms with van der Waals surface area (Å²) in [4.78, 5) is 33.5. The average Bonchev–Trinajstić information content (AvgIpc) is 3.06. The minimum Gasteiger partial charge on any atom is -0.371 e. The summed E-state index contributed by atoms with van der Waals surface area (Å²) in [6.07, 6.45) is 0.868. The number of carbonyl (C=O) groups is 2. The van der Waals surface area contributed by atoms with Crippen molar-refractivity contribution in [3.05, 3.63) is 16.1 Å². The van der Waals surface area contributed by atoms with Gasteiger partial charge in [0.25, 0.3) is 5.91 Å². The van der Waals surface area contributed by atoms with Crippen molar-refractivity contribution in [2.24, 2.45) is 5.41 Å². The molecule has 1 unspecified atom stereocenters. The molecule has 1 aromatic rings. The maximum absolute atomic E-state index is 12.7. The molecule has 3 heterocycles. The lowest BCUT2D eigenvalue weighted by atomic mass is 9.87. The quantitative estimate of drug-likeness (QED) is 0.821. The molecular weight excluding hydrogens is 314 g/mol. The largest absolute Gasteiger partial charge is 0.371 e. The van der Waals surface area contributed by atoms with Crippen LogP contribution < -0.4 is 0 Å². The smallest absolute Gasteiger partial charge is 0.265 e. The van der Waals surface area contributed by atoms with Gasteiger partial charge in [-0.2, -0.15) is 0 Å². The summed E-state index contributed by atoms with van der Waals surface area (Å²) in [6.45, 7) is 8.60. The van der Waals surface area contributed by atoms with Crippen molar-refractivity contribution in [1.82, 2.24) is 14.8 Å². The van der Waals surface area contributed by atoms with Gasteiger partial charge >= 0.3 is 0 Å². The van der Waals surface area contributed by atoms with Crippen LogP contribution in [0.15, 0.2) is 5.51 Å². The Kier molecular flexibility index (Phi) is 4.42. The highest BCUT2D eigenvalue weighted by molar-refractivity contribution is 7.11. The van der Waals surface area contributed by atoms with Gasteiger partial charge in [-0.3, -0.25) is 9.59 Å². The minimum absolute atomic E-state index is 0.0416. The maximum atomic E-state index is 12.7. The zero-order valence-electron chi connectivity index (χ0n) is 13.9. The highest BCUT2D eigenvalue weighted by atomic mass is 32.1.